The Hall–Kier alpha value is -1.84. The maximum atomic E-state index is 13.2. The zero-order chi connectivity index (χ0) is 20.9. The Morgan fingerprint density at radius 1 is 0.917 bits per heavy atom. The average molecular weight is 339 g/mol. The first-order valence-electron chi connectivity index (χ1n) is 9.27. The molecule has 2 aromatic rings. The molecular weight excluding hydrogens is 311 g/mol. The number of hydrogen-bond donors (Lipinski definition) is 0. The molecule has 0 radical (unpaired) electrons. The Morgan fingerprint density at radius 3 is 2.04 bits per heavy atom. The molecule has 0 amide bonds. The highest BCUT2D eigenvalue weighted by Gasteiger charge is 2.33. The molecule has 1 nitrogen and oxygen atoms in total. The summed E-state index contributed by atoms with van der Waals surface area (Å²) in [5, 5.41) is 0. The fourth-order valence-corrected chi connectivity index (χ4v) is 2.93. The van der Waals surface area contributed by atoms with Gasteiger partial charge in [0.25, 0.3) is 0 Å². The van der Waals surface area contributed by atoms with Gasteiger partial charge in [-0.25, -0.2) is 4.57 Å². The minimum absolute atomic E-state index is 0.139. The van der Waals surface area contributed by atoms with Crippen LogP contribution in [0.4, 0.5) is 13.2 Å². The van der Waals surface area contributed by atoms with Crippen molar-refractivity contribution in [2.75, 3.05) is 0 Å². The number of hydrogen-bond acceptors (Lipinski definition) is 0. The number of rotatable bonds is 1. The van der Waals surface area contributed by atoms with Crippen LogP contribution in [-0.2, 0) is 18.6 Å². The van der Waals surface area contributed by atoms with Crippen molar-refractivity contribution in [1.82, 2.24) is 0 Å². The van der Waals surface area contributed by atoms with E-state index in [9.17, 15) is 13.2 Å². The van der Waals surface area contributed by atoms with Crippen molar-refractivity contribution in [3.05, 3.63) is 52.2 Å². The number of aryl methyl sites for hydroxylation is 4. The van der Waals surface area contributed by atoms with Crippen LogP contribution in [0.15, 0.2) is 24.4 Å². The van der Waals surface area contributed by atoms with Crippen LogP contribution < -0.4 is 4.57 Å². The SMILES string of the molecule is [2H]C([2H])([2H])c1c[n+](C)c(-c2cc(C)c(C(F)(F)F)cc2C)cc1C(C)(C)C. The first-order chi connectivity index (χ1) is 12.0. The fraction of sp³-hybridized carbons (Fsp3) is 0.450. The van der Waals surface area contributed by atoms with Gasteiger partial charge in [0.2, 0.25) is 5.69 Å². The molecule has 24 heavy (non-hydrogen) atoms. The molecule has 0 aliphatic heterocycles. The Balaban J connectivity index is 2.79. The second kappa shape index (κ2) is 5.91. The normalized spacial score (nSPS) is 15.0. The third kappa shape index (κ3) is 3.47. The summed E-state index contributed by atoms with van der Waals surface area (Å²) in [5.74, 6) is 0. The molecule has 0 spiro atoms. The van der Waals surface area contributed by atoms with Crippen molar-refractivity contribution < 1.29 is 21.9 Å². The maximum absolute atomic E-state index is 13.2. The van der Waals surface area contributed by atoms with Crippen LogP contribution in [0.25, 0.3) is 11.3 Å². The lowest BCUT2D eigenvalue weighted by Gasteiger charge is -2.22. The second-order valence-electron chi connectivity index (χ2n) is 7.33. The highest BCUT2D eigenvalue weighted by molar-refractivity contribution is 5.64. The lowest BCUT2D eigenvalue weighted by Crippen LogP contribution is -2.33. The number of pyridine rings is 1. The van der Waals surface area contributed by atoms with Crippen LogP contribution in [0.5, 0.6) is 0 Å². The summed E-state index contributed by atoms with van der Waals surface area (Å²) < 4.78 is 64.7. The summed E-state index contributed by atoms with van der Waals surface area (Å²) in [7, 11) is 1.71. The number of halogens is 3. The van der Waals surface area contributed by atoms with Gasteiger partial charge < -0.3 is 0 Å². The van der Waals surface area contributed by atoms with Gasteiger partial charge in [-0.05, 0) is 54.9 Å². The summed E-state index contributed by atoms with van der Waals surface area (Å²) in [4.78, 5) is 0. The zero-order valence-electron chi connectivity index (χ0n) is 17.9. The van der Waals surface area contributed by atoms with E-state index in [-0.39, 0.29) is 11.1 Å². The van der Waals surface area contributed by atoms with E-state index >= 15 is 0 Å². The highest BCUT2D eigenvalue weighted by Crippen LogP contribution is 2.36. The molecule has 0 N–H and O–H groups in total. The zero-order valence-corrected chi connectivity index (χ0v) is 14.9. The predicted molar refractivity (Wildman–Crippen MR) is 91.0 cm³/mol. The number of nitrogens with zero attached hydrogens (tertiary/aromatic N) is 1. The van der Waals surface area contributed by atoms with E-state index in [2.05, 4.69) is 0 Å². The van der Waals surface area contributed by atoms with Crippen molar-refractivity contribution in [1.29, 1.82) is 0 Å². The van der Waals surface area contributed by atoms with Crippen molar-refractivity contribution >= 4 is 0 Å². The van der Waals surface area contributed by atoms with Crippen molar-refractivity contribution in [3.63, 3.8) is 0 Å². The van der Waals surface area contributed by atoms with Crippen molar-refractivity contribution in [2.24, 2.45) is 7.05 Å². The third-order valence-electron chi connectivity index (χ3n) is 4.23. The van der Waals surface area contributed by atoms with Crippen LogP contribution in [-0.4, -0.2) is 0 Å². The fourth-order valence-electron chi connectivity index (χ4n) is 2.93. The van der Waals surface area contributed by atoms with Gasteiger partial charge in [-0.3, -0.25) is 0 Å². The minimum Gasteiger partial charge on any atom is -0.201 e. The van der Waals surface area contributed by atoms with Gasteiger partial charge >= 0.3 is 6.18 Å². The summed E-state index contributed by atoms with van der Waals surface area (Å²) in [5.41, 5.74) is 1.80. The maximum Gasteiger partial charge on any atom is 0.416 e. The minimum atomic E-state index is -4.41. The molecular formula is C20H25F3N+. The van der Waals surface area contributed by atoms with Crippen LogP contribution in [0.2, 0.25) is 0 Å². The quantitative estimate of drug-likeness (QED) is 0.611. The van der Waals surface area contributed by atoms with E-state index in [0.29, 0.717) is 22.4 Å². The Kier molecular flexibility index (Phi) is 3.57. The molecule has 0 unspecified atom stereocenters. The van der Waals surface area contributed by atoms with Gasteiger partial charge in [-0.15, -0.1) is 0 Å². The average Bonchev–Trinajstić information content (AvgIpc) is 2.46. The van der Waals surface area contributed by atoms with Gasteiger partial charge in [0.05, 0.1) is 5.56 Å². The van der Waals surface area contributed by atoms with Crippen LogP contribution in [0.1, 0.15) is 52.7 Å². The van der Waals surface area contributed by atoms with E-state index in [1.165, 1.54) is 13.0 Å². The topological polar surface area (TPSA) is 3.88 Å². The second-order valence-corrected chi connectivity index (χ2v) is 7.33. The standard InChI is InChI=1S/C20H25F3N/c1-12-9-17(20(21,22)23)13(2)8-15(12)18-10-16(19(4,5)6)14(3)11-24(18)7/h8-11H,1-7H3/q+1/i3D3. The molecule has 2 rings (SSSR count). The summed E-state index contributed by atoms with van der Waals surface area (Å²) in [6, 6.07) is 4.46. The van der Waals surface area contributed by atoms with Crippen LogP contribution in [0, 0.1) is 20.7 Å². The molecule has 0 bridgehead atoms. The van der Waals surface area contributed by atoms with Gasteiger partial charge in [0.1, 0.15) is 7.05 Å². The third-order valence-corrected chi connectivity index (χ3v) is 4.23. The van der Waals surface area contributed by atoms with Crippen molar-refractivity contribution in [2.45, 2.75) is 53.1 Å². The molecule has 0 atom stereocenters. The van der Waals surface area contributed by atoms with Crippen LogP contribution in [0.3, 0.4) is 0 Å². The lowest BCUT2D eigenvalue weighted by atomic mass is 9.83. The van der Waals surface area contributed by atoms with E-state index < -0.39 is 24.0 Å². The van der Waals surface area contributed by atoms with E-state index in [4.69, 9.17) is 4.11 Å². The highest BCUT2D eigenvalue weighted by atomic mass is 19.4. The molecule has 0 fully saturated rings. The summed E-state index contributed by atoms with van der Waals surface area (Å²) >= 11 is 0. The Morgan fingerprint density at radius 2 is 1.54 bits per heavy atom. The summed E-state index contributed by atoms with van der Waals surface area (Å²) in [6.07, 6.45) is -2.84. The van der Waals surface area contributed by atoms with Gasteiger partial charge in [-0.1, -0.05) is 20.8 Å². The molecule has 1 aromatic carbocycles. The predicted octanol–water partition coefficient (Wildman–Crippen LogP) is 5.42. The molecule has 0 aliphatic rings. The van der Waals surface area contributed by atoms with Gasteiger partial charge in [0.15, 0.2) is 6.20 Å². The van der Waals surface area contributed by atoms with Gasteiger partial charge in [-0.2, -0.15) is 13.2 Å². The van der Waals surface area contributed by atoms with Gasteiger partial charge in [0, 0.05) is 21.3 Å². The number of alkyl halides is 3. The van der Waals surface area contributed by atoms with E-state index in [0.717, 1.165) is 6.07 Å². The Labute approximate surface area is 146 Å². The monoisotopic (exact) mass is 339 g/mol. The van der Waals surface area contributed by atoms with E-state index in [1.807, 2.05) is 20.8 Å². The Bertz CT molecular complexity index is 876. The molecule has 0 saturated heterocycles. The largest absolute Gasteiger partial charge is 0.416 e. The van der Waals surface area contributed by atoms with E-state index in [1.54, 1.807) is 30.8 Å². The molecule has 130 valence electrons. The molecule has 0 saturated carbocycles. The molecule has 1 aromatic heterocycles. The molecule has 1 heterocycles. The smallest absolute Gasteiger partial charge is 0.201 e. The first-order valence-corrected chi connectivity index (χ1v) is 7.77. The number of aromatic nitrogens is 1. The lowest BCUT2D eigenvalue weighted by molar-refractivity contribution is -0.660. The van der Waals surface area contributed by atoms with Crippen molar-refractivity contribution in [3.8, 4) is 11.3 Å². The summed E-state index contributed by atoms with van der Waals surface area (Å²) in [6.45, 7) is 6.57. The number of benzene rings is 1. The molecule has 0 aliphatic carbocycles. The van der Waals surface area contributed by atoms with Crippen LogP contribution >= 0.6 is 0 Å². The molecule has 4 heteroatoms. The first kappa shape index (κ1) is 14.5.